The number of hydrogen-bond acceptors (Lipinski definition) is 5. The molecule has 2 aliphatic rings. The van der Waals surface area contributed by atoms with Gasteiger partial charge in [-0.2, -0.15) is 0 Å². The van der Waals surface area contributed by atoms with E-state index in [2.05, 4.69) is 17.9 Å². The molecule has 3 aromatic rings. The first kappa shape index (κ1) is 24.3. The molecule has 1 fully saturated rings. The van der Waals surface area contributed by atoms with Gasteiger partial charge >= 0.3 is 0 Å². The number of thiol groups is 1. The molecule has 3 heterocycles. The Morgan fingerprint density at radius 1 is 1.14 bits per heavy atom. The summed E-state index contributed by atoms with van der Waals surface area (Å²) in [6.07, 6.45) is 4.71. The molecule has 1 aromatic heterocycles. The van der Waals surface area contributed by atoms with Crippen LogP contribution in [0.4, 0.5) is 4.39 Å². The fourth-order valence-electron chi connectivity index (χ4n) is 4.91. The molecular formula is C28H29FN2O4S. The Hall–Kier alpha value is -3.41. The van der Waals surface area contributed by atoms with Gasteiger partial charge in [0.15, 0.2) is 11.5 Å². The summed E-state index contributed by atoms with van der Waals surface area (Å²) in [5, 5.41) is 0. The Labute approximate surface area is 211 Å². The molecule has 2 aromatic carbocycles. The minimum atomic E-state index is -2.80. The van der Waals surface area contributed by atoms with E-state index in [1.165, 1.54) is 17.7 Å². The van der Waals surface area contributed by atoms with Gasteiger partial charge in [0, 0.05) is 36.7 Å². The van der Waals surface area contributed by atoms with Crippen molar-refractivity contribution in [3.8, 4) is 17.6 Å². The average Bonchev–Trinajstić information content (AvgIpc) is 3.46. The van der Waals surface area contributed by atoms with Crippen LogP contribution in [-0.4, -0.2) is 47.2 Å². The van der Waals surface area contributed by atoms with Gasteiger partial charge in [-0.25, -0.2) is 4.39 Å². The maximum Gasteiger partial charge on any atom is 0.289 e. The highest BCUT2D eigenvalue weighted by molar-refractivity contribution is 8.01. The monoisotopic (exact) mass is 508 g/mol. The first-order chi connectivity index (χ1) is 17.2. The molecule has 0 unspecified atom stereocenters. The van der Waals surface area contributed by atoms with Crippen LogP contribution < -0.4 is 10.5 Å². The number of furan rings is 1. The van der Waals surface area contributed by atoms with Crippen molar-refractivity contribution in [2.75, 3.05) is 32.2 Å². The van der Waals surface area contributed by atoms with Crippen LogP contribution in [0.5, 0.6) is 5.75 Å². The summed E-state index contributed by atoms with van der Waals surface area (Å²) in [6.45, 7) is 2.14. The number of likely N-dealkylation sites (tertiary alicyclic amines) is 1. The van der Waals surface area contributed by atoms with Crippen molar-refractivity contribution in [3.63, 3.8) is 0 Å². The van der Waals surface area contributed by atoms with E-state index in [0.717, 1.165) is 24.2 Å². The molecule has 5 rings (SSSR count). The van der Waals surface area contributed by atoms with Crippen molar-refractivity contribution in [3.05, 3.63) is 82.6 Å². The van der Waals surface area contributed by atoms with Crippen LogP contribution in [0, 0.1) is 17.7 Å². The minimum Gasteiger partial charge on any atom is -0.492 e. The molecule has 0 saturated carbocycles. The molecule has 0 aliphatic carbocycles. The maximum atomic E-state index is 14.0. The molecule has 1 saturated heterocycles. The van der Waals surface area contributed by atoms with Gasteiger partial charge in [0.05, 0.1) is 17.1 Å². The van der Waals surface area contributed by atoms with E-state index < -0.39 is 15.7 Å². The van der Waals surface area contributed by atoms with Gasteiger partial charge in [0.25, 0.3) is 5.91 Å². The molecule has 188 valence electrons. The lowest BCUT2D eigenvalue weighted by molar-refractivity contribution is 0.0615. The molecule has 0 atom stereocenters. The highest BCUT2D eigenvalue weighted by atomic mass is 32.2. The zero-order chi connectivity index (χ0) is 25.5. The molecule has 1 spiro atoms. The van der Waals surface area contributed by atoms with Gasteiger partial charge < -0.3 is 19.8 Å². The van der Waals surface area contributed by atoms with Crippen LogP contribution in [0.2, 0.25) is 0 Å². The Kier molecular flexibility index (Phi) is 6.23. The zero-order valence-electron chi connectivity index (χ0n) is 20.3. The van der Waals surface area contributed by atoms with Crippen molar-refractivity contribution in [1.29, 1.82) is 0 Å². The van der Waals surface area contributed by atoms with E-state index >= 15 is 0 Å². The average molecular weight is 509 g/mol. The maximum absolute atomic E-state index is 14.0. The molecule has 1 amide bonds. The minimum absolute atomic E-state index is 0.0937. The number of rotatable bonds is 3. The molecule has 6 nitrogen and oxygen atoms in total. The SMILES string of the molecule is C[SH](C)(=O)c1cc(C(=O)N2CCC3(CC2)COc2ccc(CN)cc23)oc1C#Cc1ccccc1F. The summed E-state index contributed by atoms with van der Waals surface area (Å²) in [7, 11) is -2.80. The lowest BCUT2D eigenvalue weighted by Crippen LogP contribution is -2.46. The zero-order valence-corrected chi connectivity index (χ0v) is 21.2. The summed E-state index contributed by atoms with van der Waals surface area (Å²) >= 11 is 0. The number of ether oxygens (including phenoxy) is 1. The highest BCUT2D eigenvalue weighted by Gasteiger charge is 2.44. The summed E-state index contributed by atoms with van der Waals surface area (Å²) in [5.74, 6) is 5.92. The first-order valence-corrected chi connectivity index (χ1v) is 14.5. The predicted molar refractivity (Wildman–Crippen MR) is 137 cm³/mol. The van der Waals surface area contributed by atoms with Crippen molar-refractivity contribution < 1.29 is 22.5 Å². The number of hydrogen-bond donors (Lipinski definition) is 2. The Morgan fingerprint density at radius 2 is 1.89 bits per heavy atom. The Bertz CT molecular complexity index is 1440. The van der Waals surface area contributed by atoms with Crippen molar-refractivity contribution in [1.82, 2.24) is 4.90 Å². The number of nitrogens with zero attached hydrogens (tertiary/aromatic N) is 1. The summed E-state index contributed by atoms with van der Waals surface area (Å²) in [4.78, 5) is 15.5. The third-order valence-corrected chi connectivity index (χ3v) is 8.54. The van der Waals surface area contributed by atoms with E-state index in [4.69, 9.17) is 14.9 Å². The smallest absolute Gasteiger partial charge is 0.289 e. The van der Waals surface area contributed by atoms with Gasteiger partial charge in [0.2, 0.25) is 0 Å². The summed E-state index contributed by atoms with van der Waals surface area (Å²) in [6, 6.07) is 13.8. The molecule has 0 bridgehead atoms. The number of benzene rings is 2. The summed E-state index contributed by atoms with van der Waals surface area (Å²) < 4.78 is 38.7. The van der Waals surface area contributed by atoms with Gasteiger partial charge in [-0.05, 0) is 55.0 Å². The van der Waals surface area contributed by atoms with E-state index in [1.807, 2.05) is 12.1 Å². The topological polar surface area (TPSA) is 85.8 Å². The van der Waals surface area contributed by atoms with Crippen molar-refractivity contribution in [2.45, 2.75) is 29.7 Å². The molecule has 8 heteroatoms. The molecule has 36 heavy (non-hydrogen) atoms. The number of carbonyl (C=O) groups is 1. The van der Waals surface area contributed by atoms with E-state index in [9.17, 15) is 13.4 Å². The third-order valence-electron chi connectivity index (χ3n) is 7.05. The Balaban J connectivity index is 1.37. The highest BCUT2D eigenvalue weighted by Crippen LogP contribution is 2.46. The molecule has 0 radical (unpaired) electrons. The molecular weight excluding hydrogens is 479 g/mol. The lowest BCUT2D eigenvalue weighted by Gasteiger charge is -2.38. The molecule has 2 aliphatic heterocycles. The normalized spacial score (nSPS) is 16.7. The molecule has 2 N–H and O–H groups in total. The van der Waals surface area contributed by atoms with Crippen molar-refractivity contribution in [2.24, 2.45) is 5.73 Å². The fourth-order valence-corrected chi connectivity index (χ4v) is 5.93. The second-order valence-electron chi connectivity index (χ2n) is 9.80. The second-order valence-corrected chi connectivity index (χ2v) is 13.0. The van der Waals surface area contributed by atoms with E-state index in [0.29, 0.717) is 31.1 Å². The number of amides is 1. The van der Waals surface area contributed by atoms with Crippen LogP contribution in [0.3, 0.4) is 0 Å². The van der Waals surface area contributed by atoms with Crippen LogP contribution >= 0.6 is 0 Å². The Morgan fingerprint density at radius 3 is 2.58 bits per heavy atom. The number of piperidine rings is 1. The second kappa shape index (κ2) is 9.23. The number of fused-ring (bicyclic) bond motifs is 2. The predicted octanol–water partition coefficient (Wildman–Crippen LogP) is 3.48. The largest absolute Gasteiger partial charge is 0.492 e. The quantitative estimate of drug-likeness (QED) is 0.418. The number of nitrogens with two attached hydrogens (primary N) is 1. The van der Waals surface area contributed by atoms with Gasteiger partial charge in [-0.15, -0.1) is 0 Å². The van der Waals surface area contributed by atoms with Crippen LogP contribution in [0.15, 0.2) is 57.8 Å². The number of halogens is 1. The van der Waals surface area contributed by atoms with Crippen molar-refractivity contribution >= 4 is 15.8 Å². The summed E-state index contributed by atoms with van der Waals surface area (Å²) in [5.41, 5.74) is 8.14. The van der Waals surface area contributed by atoms with Crippen LogP contribution in [0.25, 0.3) is 0 Å². The van der Waals surface area contributed by atoms with E-state index in [-0.39, 0.29) is 28.4 Å². The fraction of sp³-hybridized carbons (Fsp3) is 0.321. The lowest BCUT2D eigenvalue weighted by atomic mass is 9.74. The third kappa shape index (κ3) is 4.45. The van der Waals surface area contributed by atoms with Gasteiger partial charge in [-0.1, -0.05) is 40.1 Å². The van der Waals surface area contributed by atoms with Gasteiger partial charge in [0.1, 0.15) is 11.6 Å². The first-order valence-electron chi connectivity index (χ1n) is 11.9. The van der Waals surface area contributed by atoms with Gasteiger partial charge in [-0.3, -0.25) is 9.00 Å². The standard InChI is InChI=1S/C28H29FN2O4S/c1-36(2,33)26-16-25(35-24(26)10-8-20-5-3-4-6-22(20)29)27(32)31-13-11-28(12-14-31)18-34-23-9-7-19(17-30)15-21(23)28/h3-7,9,15-16,36H,11-14,17-18,30H2,1-2H3. The van der Waals surface area contributed by atoms with Crippen LogP contribution in [-0.2, 0) is 21.9 Å². The number of carbonyl (C=O) groups excluding carboxylic acids is 1. The van der Waals surface area contributed by atoms with E-state index in [1.54, 1.807) is 35.6 Å². The van der Waals surface area contributed by atoms with Crippen LogP contribution in [0.1, 0.15) is 45.8 Å².